The summed E-state index contributed by atoms with van der Waals surface area (Å²) >= 11 is 0. The maximum absolute atomic E-state index is 12.7. The minimum Gasteiger partial charge on any atom is -0.467 e. The molecule has 1 saturated heterocycles. The van der Waals surface area contributed by atoms with E-state index >= 15 is 0 Å². The molecule has 2 aromatic rings. The predicted octanol–water partition coefficient (Wildman–Crippen LogP) is 2.21. The van der Waals surface area contributed by atoms with Gasteiger partial charge >= 0.3 is 12.0 Å². The molecular weight excluding hydrogens is 388 g/mol. The number of hydrogen-bond donors (Lipinski definition) is 1. The van der Waals surface area contributed by atoms with Gasteiger partial charge in [0.15, 0.2) is 0 Å². The molecule has 0 bridgehead atoms. The zero-order valence-corrected chi connectivity index (χ0v) is 16.7. The van der Waals surface area contributed by atoms with Gasteiger partial charge in [-0.05, 0) is 17.7 Å². The molecule has 30 heavy (non-hydrogen) atoms. The van der Waals surface area contributed by atoms with Crippen molar-refractivity contribution in [2.45, 2.75) is 12.5 Å². The lowest BCUT2D eigenvalue weighted by Crippen LogP contribution is -2.55. The molecule has 0 radical (unpaired) electrons. The number of ether oxygens (including phenoxy) is 1. The van der Waals surface area contributed by atoms with Crippen molar-refractivity contribution in [3.05, 3.63) is 70.3 Å². The molecule has 9 heteroatoms. The van der Waals surface area contributed by atoms with Crippen molar-refractivity contribution in [2.75, 3.05) is 38.2 Å². The van der Waals surface area contributed by atoms with E-state index in [-0.39, 0.29) is 11.7 Å². The van der Waals surface area contributed by atoms with Crippen LogP contribution in [0.3, 0.4) is 0 Å². The van der Waals surface area contributed by atoms with Crippen LogP contribution in [0.1, 0.15) is 5.56 Å². The highest BCUT2D eigenvalue weighted by Gasteiger charge is 2.27. The minimum atomic E-state index is -0.766. The Labute approximate surface area is 174 Å². The Morgan fingerprint density at radius 3 is 2.27 bits per heavy atom. The smallest absolute Gasteiger partial charge is 0.328 e. The highest BCUT2D eigenvalue weighted by Crippen LogP contribution is 2.20. The minimum absolute atomic E-state index is 0.0454. The van der Waals surface area contributed by atoms with E-state index in [0.717, 1.165) is 11.3 Å². The van der Waals surface area contributed by atoms with E-state index in [4.69, 9.17) is 4.74 Å². The quantitative estimate of drug-likeness (QED) is 0.443. The Bertz CT molecular complexity index is 880. The topological polar surface area (TPSA) is 105 Å². The van der Waals surface area contributed by atoms with Crippen LogP contribution in [-0.4, -0.2) is 61.2 Å². The second kappa shape index (κ2) is 9.73. The van der Waals surface area contributed by atoms with Gasteiger partial charge < -0.3 is 19.9 Å². The van der Waals surface area contributed by atoms with Gasteiger partial charge in [-0.25, -0.2) is 9.59 Å². The predicted molar refractivity (Wildman–Crippen MR) is 111 cm³/mol. The highest BCUT2D eigenvalue weighted by atomic mass is 16.6. The Morgan fingerprint density at radius 2 is 1.70 bits per heavy atom. The number of non-ortho nitro benzene ring substituents is 1. The summed E-state index contributed by atoms with van der Waals surface area (Å²) in [5.74, 6) is -0.489. The molecule has 0 aromatic heterocycles. The summed E-state index contributed by atoms with van der Waals surface area (Å²) in [6.45, 7) is 2.13. The van der Waals surface area contributed by atoms with Gasteiger partial charge in [-0.1, -0.05) is 30.3 Å². The number of carbonyl (C=O) groups is 2. The number of hydrogen-bond acceptors (Lipinski definition) is 6. The molecule has 158 valence electrons. The summed E-state index contributed by atoms with van der Waals surface area (Å²) in [7, 11) is 1.30. The summed E-state index contributed by atoms with van der Waals surface area (Å²) in [4.78, 5) is 38.9. The van der Waals surface area contributed by atoms with E-state index in [0.29, 0.717) is 32.6 Å². The first kappa shape index (κ1) is 21.1. The number of rotatable bonds is 6. The zero-order valence-electron chi connectivity index (χ0n) is 16.7. The molecule has 0 saturated carbocycles. The molecule has 2 aromatic carbocycles. The van der Waals surface area contributed by atoms with E-state index in [1.807, 2.05) is 30.3 Å². The van der Waals surface area contributed by atoms with Crippen LogP contribution in [0.4, 0.5) is 16.2 Å². The molecule has 1 heterocycles. The SMILES string of the molecule is COC(=O)C(Cc1ccccc1)NC(=O)N1CCN(c2ccc([N+](=O)[O-])cc2)CC1. The average Bonchev–Trinajstić information content (AvgIpc) is 2.79. The summed E-state index contributed by atoms with van der Waals surface area (Å²) in [5, 5.41) is 13.6. The normalized spacial score (nSPS) is 14.7. The summed E-state index contributed by atoms with van der Waals surface area (Å²) < 4.78 is 4.85. The second-order valence-electron chi connectivity index (χ2n) is 6.96. The van der Waals surface area contributed by atoms with Crippen molar-refractivity contribution in [2.24, 2.45) is 0 Å². The maximum atomic E-state index is 12.7. The van der Waals surface area contributed by atoms with Gasteiger partial charge in [-0.15, -0.1) is 0 Å². The van der Waals surface area contributed by atoms with E-state index < -0.39 is 16.9 Å². The third-order valence-electron chi connectivity index (χ3n) is 5.06. The Morgan fingerprint density at radius 1 is 1.07 bits per heavy atom. The monoisotopic (exact) mass is 412 g/mol. The molecule has 1 aliphatic heterocycles. The number of nitrogens with one attached hydrogen (secondary N) is 1. The number of carbonyl (C=O) groups excluding carboxylic acids is 2. The van der Waals surface area contributed by atoms with Crippen molar-refractivity contribution in [1.82, 2.24) is 10.2 Å². The Hall–Kier alpha value is -3.62. The van der Waals surface area contributed by atoms with E-state index in [9.17, 15) is 19.7 Å². The number of urea groups is 1. The van der Waals surface area contributed by atoms with Crippen LogP contribution in [0.5, 0.6) is 0 Å². The molecule has 1 aliphatic rings. The van der Waals surface area contributed by atoms with Crippen molar-refractivity contribution in [1.29, 1.82) is 0 Å². The molecule has 1 fully saturated rings. The van der Waals surface area contributed by atoms with Gasteiger partial charge in [0.05, 0.1) is 12.0 Å². The number of nitrogens with zero attached hydrogens (tertiary/aromatic N) is 3. The van der Waals surface area contributed by atoms with Crippen LogP contribution in [0.2, 0.25) is 0 Å². The van der Waals surface area contributed by atoms with Crippen molar-refractivity contribution >= 4 is 23.4 Å². The molecule has 0 spiro atoms. The summed E-state index contributed by atoms with van der Waals surface area (Å²) in [6.07, 6.45) is 0.349. The number of methoxy groups -OCH3 is 1. The Kier molecular flexibility index (Phi) is 6.84. The first-order chi connectivity index (χ1) is 14.5. The Balaban J connectivity index is 1.56. The lowest BCUT2D eigenvalue weighted by molar-refractivity contribution is -0.384. The van der Waals surface area contributed by atoms with Crippen molar-refractivity contribution in [3.8, 4) is 0 Å². The number of nitro groups is 1. The standard InChI is InChI=1S/C21H24N4O5/c1-30-20(26)19(15-16-5-3-2-4-6-16)22-21(27)24-13-11-23(12-14-24)17-7-9-18(10-8-17)25(28)29/h2-10,19H,11-15H2,1H3,(H,22,27). The first-order valence-corrected chi connectivity index (χ1v) is 9.64. The largest absolute Gasteiger partial charge is 0.467 e. The van der Waals surface area contributed by atoms with Gasteiger partial charge in [-0.3, -0.25) is 10.1 Å². The van der Waals surface area contributed by atoms with Crippen LogP contribution in [0, 0.1) is 10.1 Å². The average molecular weight is 412 g/mol. The van der Waals surface area contributed by atoms with Gasteiger partial charge in [0.1, 0.15) is 6.04 Å². The van der Waals surface area contributed by atoms with Crippen molar-refractivity contribution in [3.63, 3.8) is 0 Å². The van der Waals surface area contributed by atoms with E-state index in [2.05, 4.69) is 10.2 Å². The lowest BCUT2D eigenvalue weighted by Gasteiger charge is -2.36. The number of benzene rings is 2. The van der Waals surface area contributed by atoms with Crippen molar-refractivity contribution < 1.29 is 19.2 Å². The third-order valence-corrected chi connectivity index (χ3v) is 5.06. The van der Waals surface area contributed by atoms with Gasteiger partial charge in [-0.2, -0.15) is 0 Å². The molecule has 1 atom stereocenters. The molecule has 1 N–H and O–H groups in total. The molecule has 2 amide bonds. The highest BCUT2D eigenvalue weighted by molar-refractivity contribution is 5.84. The second-order valence-corrected chi connectivity index (χ2v) is 6.96. The summed E-state index contributed by atoms with van der Waals surface area (Å²) in [6, 6.07) is 14.7. The molecular formula is C21H24N4O5. The first-order valence-electron chi connectivity index (χ1n) is 9.64. The number of esters is 1. The number of nitro benzene ring substituents is 1. The van der Waals surface area contributed by atoms with Gasteiger partial charge in [0, 0.05) is 50.4 Å². The fourth-order valence-electron chi connectivity index (χ4n) is 3.38. The number of amides is 2. The fraction of sp³-hybridized carbons (Fsp3) is 0.333. The summed E-state index contributed by atoms with van der Waals surface area (Å²) in [5.41, 5.74) is 1.84. The molecule has 9 nitrogen and oxygen atoms in total. The van der Waals surface area contributed by atoms with E-state index in [1.54, 1.807) is 17.0 Å². The van der Waals surface area contributed by atoms with Crippen LogP contribution in [-0.2, 0) is 16.0 Å². The number of piperazine rings is 1. The lowest BCUT2D eigenvalue weighted by atomic mass is 10.1. The van der Waals surface area contributed by atoms with Crippen LogP contribution in [0.25, 0.3) is 0 Å². The molecule has 3 rings (SSSR count). The van der Waals surface area contributed by atoms with E-state index in [1.165, 1.54) is 19.2 Å². The van der Waals surface area contributed by atoms with Crippen LogP contribution in [0.15, 0.2) is 54.6 Å². The maximum Gasteiger partial charge on any atom is 0.328 e. The fourth-order valence-corrected chi connectivity index (χ4v) is 3.38. The molecule has 0 aliphatic carbocycles. The zero-order chi connectivity index (χ0) is 21.5. The van der Waals surface area contributed by atoms with Crippen LogP contribution < -0.4 is 10.2 Å². The molecule has 1 unspecified atom stereocenters. The number of anilines is 1. The van der Waals surface area contributed by atoms with Gasteiger partial charge in [0.2, 0.25) is 0 Å². The van der Waals surface area contributed by atoms with Crippen LogP contribution >= 0.6 is 0 Å². The third kappa shape index (κ3) is 5.25. The van der Waals surface area contributed by atoms with Gasteiger partial charge in [0.25, 0.3) is 5.69 Å².